The molecule has 1 aliphatic heterocycles. The van der Waals surface area contributed by atoms with Gasteiger partial charge in [0, 0.05) is 17.8 Å². The molecule has 1 fully saturated rings. The van der Waals surface area contributed by atoms with Crippen LogP contribution < -0.4 is 19.1 Å². The maximum absolute atomic E-state index is 13.6. The molecular formula is C25H22N2O6S. The van der Waals surface area contributed by atoms with Crippen molar-refractivity contribution in [3.63, 3.8) is 0 Å². The van der Waals surface area contributed by atoms with E-state index in [1.54, 1.807) is 29.2 Å². The van der Waals surface area contributed by atoms with Crippen molar-refractivity contribution in [2.45, 2.75) is 5.37 Å². The first-order chi connectivity index (χ1) is 16.5. The fraction of sp³-hybridized carbons (Fsp3) is 0.160. The molecule has 3 aromatic carbocycles. The first-order valence-corrected chi connectivity index (χ1v) is 11.2. The second-order valence-electron chi connectivity index (χ2n) is 7.30. The number of ether oxygens (including phenoxy) is 3. The summed E-state index contributed by atoms with van der Waals surface area (Å²) in [6, 6.07) is 19.1. The lowest BCUT2D eigenvalue weighted by molar-refractivity contribution is -0.384. The summed E-state index contributed by atoms with van der Waals surface area (Å²) in [6.45, 7) is 0. The van der Waals surface area contributed by atoms with Crippen molar-refractivity contribution in [2.24, 2.45) is 0 Å². The number of carbonyl (C=O) groups excluding carboxylic acids is 1. The van der Waals surface area contributed by atoms with Crippen LogP contribution in [0.15, 0.2) is 71.6 Å². The Labute approximate surface area is 200 Å². The molecule has 4 rings (SSSR count). The Morgan fingerprint density at radius 3 is 2.09 bits per heavy atom. The number of thioether (sulfide) groups is 1. The summed E-state index contributed by atoms with van der Waals surface area (Å²) >= 11 is 1.38. The summed E-state index contributed by atoms with van der Waals surface area (Å²) in [7, 11) is 4.59. The third-order valence-corrected chi connectivity index (χ3v) is 6.56. The number of rotatable bonds is 7. The van der Waals surface area contributed by atoms with E-state index in [9.17, 15) is 14.9 Å². The standard InChI is InChI=1S/C25H22N2O6S/c1-31-20-14-17(15-21(32-2)23(20)33-3)25-26(18-9-11-19(12-10-18)27(29)30)24(28)22(34-25)13-16-7-5-4-6-8-16/h4-15,25H,1-3H3/b22-13+. The van der Waals surface area contributed by atoms with Crippen LogP contribution >= 0.6 is 11.8 Å². The van der Waals surface area contributed by atoms with Crippen molar-refractivity contribution in [3.05, 3.63) is 92.9 Å². The van der Waals surface area contributed by atoms with Gasteiger partial charge in [-0.15, -0.1) is 0 Å². The number of carbonyl (C=O) groups is 1. The zero-order valence-electron chi connectivity index (χ0n) is 18.8. The molecule has 34 heavy (non-hydrogen) atoms. The minimum absolute atomic E-state index is 0.0487. The van der Waals surface area contributed by atoms with E-state index in [-0.39, 0.29) is 11.6 Å². The van der Waals surface area contributed by atoms with Crippen LogP contribution in [0.5, 0.6) is 17.2 Å². The van der Waals surface area contributed by atoms with Gasteiger partial charge in [-0.05, 0) is 41.5 Å². The SMILES string of the molecule is COc1cc(C2S/C(=C/c3ccccc3)C(=O)N2c2ccc([N+](=O)[O-])cc2)cc(OC)c1OC. The third kappa shape index (κ3) is 4.42. The highest BCUT2D eigenvalue weighted by Crippen LogP contribution is 2.51. The fourth-order valence-electron chi connectivity index (χ4n) is 3.69. The molecule has 0 spiro atoms. The van der Waals surface area contributed by atoms with Gasteiger partial charge < -0.3 is 14.2 Å². The predicted octanol–water partition coefficient (Wildman–Crippen LogP) is 5.44. The first-order valence-electron chi connectivity index (χ1n) is 10.3. The van der Waals surface area contributed by atoms with Crippen molar-refractivity contribution in [1.82, 2.24) is 0 Å². The lowest BCUT2D eigenvalue weighted by Crippen LogP contribution is -2.27. The minimum Gasteiger partial charge on any atom is -0.493 e. The average molecular weight is 479 g/mol. The number of nitro groups is 1. The number of methoxy groups -OCH3 is 3. The first kappa shape index (κ1) is 23.2. The molecular weight excluding hydrogens is 456 g/mol. The number of nitro benzene ring substituents is 1. The van der Waals surface area contributed by atoms with Gasteiger partial charge in [0.05, 0.1) is 31.2 Å². The molecule has 0 N–H and O–H groups in total. The molecule has 0 saturated carbocycles. The van der Waals surface area contributed by atoms with Crippen LogP contribution in [0, 0.1) is 10.1 Å². The smallest absolute Gasteiger partial charge is 0.269 e. The normalized spacial score (nSPS) is 16.6. The zero-order valence-corrected chi connectivity index (χ0v) is 19.6. The van der Waals surface area contributed by atoms with Crippen LogP contribution in [0.2, 0.25) is 0 Å². The van der Waals surface area contributed by atoms with E-state index in [4.69, 9.17) is 14.2 Å². The van der Waals surface area contributed by atoms with Gasteiger partial charge in [0.2, 0.25) is 5.75 Å². The molecule has 1 amide bonds. The largest absolute Gasteiger partial charge is 0.493 e. The molecule has 3 aromatic rings. The summed E-state index contributed by atoms with van der Waals surface area (Å²) in [4.78, 5) is 26.4. The summed E-state index contributed by atoms with van der Waals surface area (Å²) in [5.41, 5.74) is 2.14. The summed E-state index contributed by atoms with van der Waals surface area (Å²) in [6.07, 6.45) is 1.84. The van der Waals surface area contributed by atoms with E-state index >= 15 is 0 Å². The van der Waals surface area contributed by atoms with E-state index in [2.05, 4.69) is 0 Å². The molecule has 0 aliphatic carbocycles. The third-order valence-electron chi connectivity index (χ3n) is 5.31. The molecule has 1 unspecified atom stereocenters. The highest BCUT2D eigenvalue weighted by molar-refractivity contribution is 8.05. The Morgan fingerprint density at radius 2 is 1.56 bits per heavy atom. The van der Waals surface area contributed by atoms with Crippen LogP contribution in [0.4, 0.5) is 11.4 Å². The maximum Gasteiger partial charge on any atom is 0.269 e. The monoisotopic (exact) mass is 478 g/mol. The topological polar surface area (TPSA) is 91.1 Å². The van der Waals surface area contributed by atoms with Gasteiger partial charge >= 0.3 is 0 Å². The number of nitrogens with zero attached hydrogens (tertiary/aromatic N) is 2. The van der Waals surface area contributed by atoms with Crippen molar-refractivity contribution in [3.8, 4) is 17.2 Å². The number of benzene rings is 3. The van der Waals surface area contributed by atoms with E-state index < -0.39 is 10.3 Å². The van der Waals surface area contributed by atoms with E-state index in [1.807, 2.05) is 36.4 Å². The van der Waals surface area contributed by atoms with Gasteiger partial charge in [-0.3, -0.25) is 19.8 Å². The van der Waals surface area contributed by atoms with E-state index in [0.29, 0.717) is 27.8 Å². The quantitative estimate of drug-likeness (QED) is 0.254. The molecule has 1 saturated heterocycles. The predicted molar refractivity (Wildman–Crippen MR) is 131 cm³/mol. The number of amides is 1. The molecule has 0 radical (unpaired) electrons. The number of non-ortho nitro benzene ring substituents is 1. The molecule has 1 atom stereocenters. The lowest BCUT2D eigenvalue weighted by atomic mass is 10.1. The second kappa shape index (κ2) is 9.88. The minimum atomic E-state index is -0.470. The highest BCUT2D eigenvalue weighted by Gasteiger charge is 2.39. The second-order valence-corrected chi connectivity index (χ2v) is 8.42. The number of hydrogen-bond acceptors (Lipinski definition) is 7. The summed E-state index contributed by atoms with van der Waals surface area (Å²) in [5.74, 6) is 1.18. The van der Waals surface area contributed by atoms with Crippen LogP contribution in [-0.4, -0.2) is 32.2 Å². The van der Waals surface area contributed by atoms with Gasteiger partial charge in [-0.2, -0.15) is 0 Å². The van der Waals surface area contributed by atoms with Crippen molar-refractivity contribution in [2.75, 3.05) is 26.2 Å². The molecule has 1 aliphatic rings. The Kier molecular flexibility index (Phi) is 6.74. The van der Waals surface area contributed by atoms with E-state index in [0.717, 1.165) is 11.1 Å². The summed E-state index contributed by atoms with van der Waals surface area (Å²) < 4.78 is 16.4. The summed E-state index contributed by atoms with van der Waals surface area (Å²) in [5, 5.41) is 10.7. The zero-order chi connectivity index (χ0) is 24.2. The Hall–Kier alpha value is -3.98. The van der Waals surface area contributed by atoms with Crippen LogP contribution in [0.3, 0.4) is 0 Å². The Bertz CT molecular complexity index is 1220. The highest BCUT2D eigenvalue weighted by atomic mass is 32.2. The van der Waals surface area contributed by atoms with Gasteiger partial charge in [-0.25, -0.2) is 0 Å². The molecule has 0 aromatic heterocycles. The molecule has 9 heteroatoms. The van der Waals surface area contributed by atoms with E-state index in [1.165, 1.54) is 45.2 Å². The molecule has 0 bridgehead atoms. The van der Waals surface area contributed by atoms with Gasteiger partial charge in [0.15, 0.2) is 11.5 Å². The van der Waals surface area contributed by atoms with Crippen LogP contribution in [0.1, 0.15) is 16.5 Å². The van der Waals surface area contributed by atoms with Gasteiger partial charge in [0.25, 0.3) is 11.6 Å². The van der Waals surface area contributed by atoms with Gasteiger partial charge in [0.1, 0.15) is 5.37 Å². The van der Waals surface area contributed by atoms with Crippen LogP contribution in [0.25, 0.3) is 6.08 Å². The number of anilines is 1. The van der Waals surface area contributed by atoms with Gasteiger partial charge in [-0.1, -0.05) is 42.1 Å². The van der Waals surface area contributed by atoms with Crippen LogP contribution in [-0.2, 0) is 4.79 Å². The lowest BCUT2D eigenvalue weighted by Gasteiger charge is -2.25. The average Bonchev–Trinajstić information content (AvgIpc) is 3.19. The Balaban J connectivity index is 1.83. The Morgan fingerprint density at radius 1 is 0.941 bits per heavy atom. The van der Waals surface area contributed by atoms with Crippen molar-refractivity contribution < 1.29 is 23.9 Å². The van der Waals surface area contributed by atoms with Crippen molar-refractivity contribution in [1.29, 1.82) is 0 Å². The molecule has 174 valence electrons. The fourth-order valence-corrected chi connectivity index (χ4v) is 4.93. The maximum atomic E-state index is 13.6. The number of hydrogen-bond donors (Lipinski definition) is 0. The molecule has 8 nitrogen and oxygen atoms in total. The molecule has 1 heterocycles. The van der Waals surface area contributed by atoms with Crippen molar-refractivity contribution >= 4 is 35.1 Å².